The van der Waals surface area contributed by atoms with E-state index in [1.165, 1.54) is 24.3 Å². The third-order valence-corrected chi connectivity index (χ3v) is 3.42. The van der Waals surface area contributed by atoms with Gasteiger partial charge in [0.25, 0.3) is 0 Å². The molecule has 0 saturated heterocycles. The predicted octanol–water partition coefficient (Wildman–Crippen LogP) is 3.74. The summed E-state index contributed by atoms with van der Waals surface area (Å²) in [6.07, 6.45) is 1.25. The van der Waals surface area contributed by atoms with Crippen LogP contribution in [0, 0.1) is 10.1 Å². The molecule has 0 unspecified atom stereocenters. The van der Waals surface area contributed by atoms with Crippen molar-refractivity contribution in [3.63, 3.8) is 0 Å². The average Bonchev–Trinajstić information content (AvgIpc) is 2.99. The van der Waals surface area contributed by atoms with Crippen LogP contribution in [0.4, 0.5) is 19.3 Å². The first-order valence-corrected chi connectivity index (χ1v) is 7.06. The lowest BCUT2D eigenvalue weighted by Gasteiger charge is -2.16. The summed E-state index contributed by atoms with van der Waals surface area (Å²) in [7, 11) is 0. The maximum absolute atomic E-state index is 13.1. The first-order valence-electron chi connectivity index (χ1n) is 7.06. The molecule has 0 fully saturated rings. The van der Waals surface area contributed by atoms with E-state index in [4.69, 9.17) is 5.11 Å². The quantitative estimate of drug-likeness (QED) is 0.448. The molecule has 0 spiro atoms. The Morgan fingerprint density at radius 3 is 2.80 bits per heavy atom. The second kappa shape index (κ2) is 7.51. The zero-order chi connectivity index (χ0) is 18.6. The van der Waals surface area contributed by atoms with E-state index in [2.05, 4.69) is 17.0 Å². The highest BCUT2D eigenvalue weighted by molar-refractivity contribution is 5.71. The van der Waals surface area contributed by atoms with E-state index < -0.39 is 29.3 Å². The van der Waals surface area contributed by atoms with Crippen LogP contribution in [0.25, 0.3) is 11.3 Å². The number of carbonyl (C=O) groups is 1. The Kier molecular flexibility index (Phi) is 5.42. The van der Waals surface area contributed by atoms with Gasteiger partial charge in [0.2, 0.25) is 0 Å². The van der Waals surface area contributed by atoms with Gasteiger partial charge in [-0.15, -0.1) is 6.58 Å². The molecular weight excluding hydrogens is 338 g/mol. The second-order valence-corrected chi connectivity index (χ2v) is 5.01. The Morgan fingerprint density at radius 1 is 1.52 bits per heavy atom. The van der Waals surface area contributed by atoms with Crippen molar-refractivity contribution in [3.05, 3.63) is 58.8 Å². The molecule has 0 saturated carbocycles. The fourth-order valence-electron chi connectivity index (χ4n) is 2.41. The summed E-state index contributed by atoms with van der Waals surface area (Å²) in [5, 5.41) is 25.7. The zero-order valence-corrected chi connectivity index (χ0v) is 12.8. The molecule has 2 aromatic rings. The van der Waals surface area contributed by atoms with Crippen molar-refractivity contribution in [2.45, 2.75) is 19.0 Å². The van der Waals surface area contributed by atoms with Crippen molar-refractivity contribution in [1.29, 1.82) is 0 Å². The molecule has 8 nitrogen and oxygen atoms in total. The van der Waals surface area contributed by atoms with Crippen LogP contribution >= 0.6 is 0 Å². The summed E-state index contributed by atoms with van der Waals surface area (Å²) in [6.45, 7) is 0.483. The summed E-state index contributed by atoms with van der Waals surface area (Å²) < 4.78 is 26.5. The molecule has 1 heterocycles. The summed E-state index contributed by atoms with van der Waals surface area (Å²) in [5.41, 5.74) is -0.335. The van der Waals surface area contributed by atoms with Gasteiger partial charge in [0, 0.05) is 5.56 Å². The number of alkyl halides is 2. The van der Waals surface area contributed by atoms with Crippen molar-refractivity contribution < 1.29 is 23.6 Å². The highest BCUT2D eigenvalue weighted by Gasteiger charge is 2.26. The van der Waals surface area contributed by atoms with Gasteiger partial charge in [0.1, 0.15) is 6.20 Å². The summed E-state index contributed by atoms with van der Waals surface area (Å²) in [4.78, 5) is 21.2. The van der Waals surface area contributed by atoms with Gasteiger partial charge in [-0.1, -0.05) is 24.3 Å². The van der Waals surface area contributed by atoms with Gasteiger partial charge in [0.15, 0.2) is 5.69 Å². The fourth-order valence-corrected chi connectivity index (χ4v) is 2.41. The molecule has 132 valence electrons. The van der Waals surface area contributed by atoms with Crippen molar-refractivity contribution in [1.82, 2.24) is 15.1 Å². The van der Waals surface area contributed by atoms with Crippen LogP contribution in [-0.2, 0) is 0 Å². The van der Waals surface area contributed by atoms with E-state index >= 15 is 0 Å². The van der Waals surface area contributed by atoms with Crippen LogP contribution in [0.1, 0.15) is 24.6 Å². The number of nitro groups is 1. The number of amides is 1. The topological polar surface area (TPSA) is 110 Å². The van der Waals surface area contributed by atoms with Gasteiger partial charge in [0.05, 0.1) is 11.0 Å². The third kappa shape index (κ3) is 3.97. The van der Waals surface area contributed by atoms with Crippen LogP contribution < -0.4 is 5.32 Å². The van der Waals surface area contributed by atoms with Crippen LogP contribution in [0.5, 0.6) is 0 Å². The number of aromatic nitrogens is 2. The Bertz CT molecular complexity index is 807. The van der Waals surface area contributed by atoms with E-state index in [0.29, 0.717) is 5.56 Å². The lowest BCUT2D eigenvalue weighted by molar-refractivity contribution is -0.384. The molecule has 1 atom stereocenters. The van der Waals surface area contributed by atoms with Crippen molar-refractivity contribution in [2.75, 3.05) is 0 Å². The SMILES string of the molecule is C=CC[C@H](NC(=O)O)c1cccc(-c2c([N+](=O)[O-])cnn2C(F)F)c1. The normalized spacial score (nSPS) is 12.0. The highest BCUT2D eigenvalue weighted by Crippen LogP contribution is 2.34. The van der Waals surface area contributed by atoms with E-state index in [1.54, 1.807) is 6.07 Å². The highest BCUT2D eigenvalue weighted by atomic mass is 19.3. The first kappa shape index (κ1) is 18.0. The zero-order valence-electron chi connectivity index (χ0n) is 12.8. The fraction of sp³-hybridized carbons (Fsp3) is 0.200. The maximum Gasteiger partial charge on any atom is 0.405 e. The van der Waals surface area contributed by atoms with Crippen molar-refractivity contribution in [2.24, 2.45) is 0 Å². The maximum atomic E-state index is 13.1. The first-order chi connectivity index (χ1) is 11.8. The van der Waals surface area contributed by atoms with Gasteiger partial charge < -0.3 is 10.4 Å². The summed E-state index contributed by atoms with van der Waals surface area (Å²) in [6, 6.07) is 5.24. The molecule has 0 radical (unpaired) electrons. The smallest absolute Gasteiger partial charge is 0.405 e. The molecule has 2 N–H and O–H groups in total. The minimum Gasteiger partial charge on any atom is -0.465 e. The Labute approximate surface area is 140 Å². The number of carboxylic acid groups (broad SMARTS) is 1. The number of halogens is 2. The number of nitrogens with zero attached hydrogens (tertiary/aromatic N) is 3. The monoisotopic (exact) mass is 352 g/mol. The van der Waals surface area contributed by atoms with Gasteiger partial charge >= 0.3 is 18.3 Å². The molecule has 0 aliphatic heterocycles. The van der Waals surface area contributed by atoms with E-state index in [9.17, 15) is 23.7 Å². The van der Waals surface area contributed by atoms with E-state index in [-0.39, 0.29) is 22.4 Å². The second-order valence-electron chi connectivity index (χ2n) is 5.01. The van der Waals surface area contributed by atoms with E-state index in [0.717, 1.165) is 6.20 Å². The standard InChI is InChI=1S/C15H14F2N4O4/c1-2-4-11(19-15(22)23)9-5-3-6-10(7-9)13-12(21(24)25)8-18-20(13)14(16)17/h2-3,5-8,11,14,19H,1,4H2,(H,22,23)/t11-/m0/s1. The van der Waals surface area contributed by atoms with Crippen LogP contribution in [0.2, 0.25) is 0 Å². The molecule has 10 heteroatoms. The molecule has 0 aliphatic carbocycles. The van der Waals surface area contributed by atoms with Crippen LogP contribution in [-0.4, -0.2) is 25.9 Å². The summed E-state index contributed by atoms with van der Waals surface area (Å²) >= 11 is 0. The number of rotatable bonds is 7. The van der Waals surface area contributed by atoms with Gasteiger partial charge in [-0.2, -0.15) is 18.6 Å². The lowest BCUT2D eigenvalue weighted by Crippen LogP contribution is -2.26. The third-order valence-electron chi connectivity index (χ3n) is 3.42. The molecule has 25 heavy (non-hydrogen) atoms. The Balaban J connectivity index is 2.55. The van der Waals surface area contributed by atoms with Crippen molar-refractivity contribution in [3.8, 4) is 11.3 Å². The number of benzene rings is 1. The molecule has 1 aromatic heterocycles. The Morgan fingerprint density at radius 2 is 2.24 bits per heavy atom. The van der Waals surface area contributed by atoms with Gasteiger partial charge in [-0.25, -0.2) is 4.79 Å². The number of hydrogen-bond donors (Lipinski definition) is 2. The van der Waals surface area contributed by atoms with Crippen LogP contribution in [0.15, 0.2) is 43.1 Å². The molecule has 1 aromatic carbocycles. The minimum atomic E-state index is -3.06. The molecule has 0 aliphatic rings. The molecule has 0 bridgehead atoms. The largest absolute Gasteiger partial charge is 0.465 e. The molecule has 2 rings (SSSR count). The van der Waals surface area contributed by atoms with E-state index in [1.807, 2.05) is 0 Å². The van der Waals surface area contributed by atoms with Crippen molar-refractivity contribution >= 4 is 11.8 Å². The van der Waals surface area contributed by atoms with Gasteiger partial charge in [-0.3, -0.25) is 10.1 Å². The number of hydrogen-bond acceptors (Lipinski definition) is 4. The predicted molar refractivity (Wildman–Crippen MR) is 84.3 cm³/mol. The van der Waals surface area contributed by atoms with Gasteiger partial charge in [-0.05, 0) is 18.1 Å². The minimum absolute atomic E-state index is 0.128. The lowest BCUT2D eigenvalue weighted by atomic mass is 9.99. The molecule has 1 amide bonds. The average molecular weight is 352 g/mol. The Hall–Kier alpha value is -3.30. The molecular formula is C15H14F2N4O4. The summed E-state index contributed by atoms with van der Waals surface area (Å²) in [5.74, 6) is 0. The number of nitrogens with one attached hydrogen (secondary N) is 1. The van der Waals surface area contributed by atoms with Crippen LogP contribution in [0.3, 0.4) is 0 Å².